The minimum atomic E-state index is -4.83. The van der Waals surface area contributed by atoms with Crippen LogP contribution in [0.15, 0.2) is 18.2 Å². The molecule has 0 heterocycles. The number of carbonyl (C=O) groups excluding carboxylic acids is 1. The highest BCUT2D eigenvalue weighted by atomic mass is 19.4. The van der Waals surface area contributed by atoms with Crippen molar-refractivity contribution in [1.29, 1.82) is 0 Å². The summed E-state index contributed by atoms with van der Waals surface area (Å²) in [5.41, 5.74) is 3.29. The first-order valence-corrected chi connectivity index (χ1v) is 6.11. The fraction of sp³-hybridized carbons (Fsp3) is 0.462. The average molecular weight is 292 g/mol. The number of hydrogen-bond acceptors (Lipinski definition) is 2. The third-order valence-electron chi connectivity index (χ3n) is 2.82. The van der Waals surface area contributed by atoms with E-state index in [0.717, 1.165) is 12.1 Å². The first kappa shape index (κ1) is 16.4. The van der Waals surface area contributed by atoms with Gasteiger partial charge in [0.1, 0.15) is 5.82 Å². The molecule has 0 aliphatic carbocycles. The monoisotopic (exact) mass is 292 g/mol. The van der Waals surface area contributed by atoms with E-state index >= 15 is 0 Å². The molecule has 0 aliphatic heterocycles. The van der Waals surface area contributed by atoms with Gasteiger partial charge in [0.2, 0.25) is 0 Å². The van der Waals surface area contributed by atoms with E-state index in [2.05, 4.69) is 5.32 Å². The van der Waals surface area contributed by atoms with E-state index in [9.17, 15) is 22.4 Å². The molecule has 0 spiro atoms. The zero-order valence-electron chi connectivity index (χ0n) is 10.9. The second-order valence-electron chi connectivity index (χ2n) is 4.56. The van der Waals surface area contributed by atoms with E-state index in [-0.39, 0.29) is 12.5 Å². The zero-order chi connectivity index (χ0) is 15.3. The third-order valence-corrected chi connectivity index (χ3v) is 2.82. The van der Waals surface area contributed by atoms with Gasteiger partial charge < -0.3 is 11.1 Å². The summed E-state index contributed by atoms with van der Waals surface area (Å²) in [5, 5.41) is 2.40. The van der Waals surface area contributed by atoms with Gasteiger partial charge in [-0.2, -0.15) is 13.2 Å². The van der Waals surface area contributed by atoms with Crippen LogP contribution in [0.1, 0.15) is 29.3 Å². The van der Waals surface area contributed by atoms with Crippen molar-refractivity contribution >= 4 is 5.91 Å². The molecule has 0 aliphatic rings. The standard InChI is InChI=1S/C13H16F4N2O/c1-8(5-6-18)7-19-12(20)9-3-2-4-10(11(9)14)13(15,16)17/h2-4,8H,5-7,18H2,1H3,(H,19,20). The quantitative estimate of drug-likeness (QED) is 0.819. The number of nitrogens with two attached hydrogens (primary N) is 1. The molecule has 0 saturated heterocycles. The Bertz CT molecular complexity index is 474. The van der Waals surface area contributed by atoms with Crippen molar-refractivity contribution in [3.63, 3.8) is 0 Å². The molecule has 0 saturated carbocycles. The maximum atomic E-state index is 13.7. The van der Waals surface area contributed by atoms with E-state index in [1.54, 1.807) is 0 Å². The number of alkyl halides is 3. The Morgan fingerprint density at radius 3 is 2.60 bits per heavy atom. The lowest BCUT2D eigenvalue weighted by molar-refractivity contribution is -0.140. The number of carbonyl (C=O) groups is 1. The summed E-state index contributed by atoms with van der Waals surface area (Å²) in [4.78, 5) is 11.7. The van der Waals surface area contributed by atoms with Crippen molar-refractivity contribution in [1.82, 2.24) is 5.32 Å². The summed E-state index contributed by atoms with van der Waals surface area (Å²) in [6.07, 6.45) is -4.17. The van der Waals surface area contributed by atoms with E-state index in [4.69, 9.17) is 5.73 Å². The van der Waals surface area contributed by atoms with E-state index < -0.39 is 29.0 Å². The van der Waals surface area contributed by atoms with Gasteiger partial charge in [-0.1, -0.05) is 13.0 Å². The van der Waals surface area contributed by atoms with Crippen LogP contribution in [0.3, 0.4) is 0 Å². The molecule has 7 heteroatoms. The summed E-state index contributed by atoms with van der Waals surface area (Å²) < 4.78 is 51.3. The molecule has 1 aromatic carbocycles. The van der Waals surface area contributed by atoms with Crippen LogP contribution in [0, 0.1) is 11.7 Å². The van der Waals surface area contributed by atoms with Crippen LogP contribution in [-0.2, 0) is 6.18 Å². The SMILES string of the molecule is CC(CCN)CNC(=O)c1cccc(C(F)(F)F)c1F. The molecule has 0 radical (unpaired) electrons. The first-order valence-electron chi connectivity index (χ1n) is 6.11. The number of amides is 1. The molecule has 1 unspecified atom stereocenters. The van der Waals surface area contributed by atoms with E-state index in [1.165, 1.54) is 0 Å². The van der Waals surface area contributed by atoms with E-state index in [1.807, 2.05) is 6.92 Å². The van der Waals surface area contributed by atoms with Crippen LogP contribution in [0.25, 0.3) is 0 Å². The van der Waals surface area contributed by atoms with Gasteiger partial charge >= 0.3 is 6.18 Å². The topological polar surface area (TPSA) is 55.1 Å². The van der Waals surface area contributed by atoms with Crippen LogP contribution in [0.5, 0.6) is 0 Å². The fourth-order valence-electron chi connectivity index (χ4n) is 1.68. The third kappa shape index (κ3) is 4.19. The van der Waals surface area contributed by atoms with Gasteiger partial charge in [0.25, 0.3) is 5.91 Å². The number of rotatable bonds is 5. The van der Waals surface area contributed by atoms with Crippen LogP contribution in [-0.4, -0.2) is 19.0 Å². The zero-order valence-corrected chi connectivity index (χ0v) is 10.9. The molecule has 1 amide bonds. The second kappa shape index (κ2) is 6.69. The second-order valence-corrected chi connectivity index (χ2v) is 4.56. The molecular formula is C13H16F4N2O. The minimum absolute atomic E-state index is 0.0674. The lowest BCUT2D eigenvalue weighted by atomic mass is 10.1. The summed E-state index contributed by atoms with van der Waals surface area (Å²) in [6.45, 7) is 2.50. The van der Waals surface area contributed by atoms with Crippen molar-refractivity contribution in [3.8, 4) is 0 Å². The van der Waals surface area contributed by atoms with Crippen LogP contribution >= 0.6 is 0 Å². The van der Waals surface area contributed by atoms with Gasteiger partial charge in [-0.05, 0) is 31.0 Å². The molecule has 1 aromatic rings. The number of benzene rings is 1. The average Bonchev–Trinajstić information content (AvgIpc) is 2.35. The summed E-state index contributed by atoms with van der Waals surface area (Å²) in [6, 6.07) is 2.63. The largest absolute Gasteiger partial charge is 0.419 e. The van der Waals surface area contributed by atoms with Crippen LogP contribution < -0.4 is 11.1 Å². The molecule has 3 N–H and O–H groups in total. The molecule has 1 atom stereocenters. The van der Waals surface area contributed by atoms with Gasteiger partial charge in [0.15, 0.2) is 0 Å². The van der Waals surface area contributed by atoms with Gasteiger partial charge in [0.05, 0.1) is 11.1 Å². The maximum absolute atomic E-state index is 13.7. The molecule has 0 bridgehead atoms. The normalized spacial score (nSPS) is 13.1. The number of hydrogen-bond donors (Lipinski definition) is 2. The van der Waals surface area contributed by atoms with Gasteiger partial charge in [-0.25, -0.2) is 4.39 Å². The predicted molar refractivity (Wildman–Crippen MR) is 66.6 cm³/mol. The lowest BCUT2D eigenvalue weighted by Gasteiger charge is -2.13. The van der Waals surface area contributed by atoms with Gasteiger partial charge in [-0.3, -0.25) is 4.79 Å². The number of halogens is 4. The Kier molecular flexibility index (Phi) is 5.50. The van der Waals surface area contributed by atoms with Crippen LogP contribution in [0.4, 0.5) is 17.6 Å². The van der Waals surface area contributed by atoms with E-state index in [0.29, 0.717) is 19.0 Å². The van der Waals surface area contributed by atoms with Crippen molar-refractivity contribution < 1.29 is 22.4 Å². The molecular weight excluding hydrogens is 276 g/mol. The molecule has 3 nitrogen and oxygen atoms in total. The highest BCUT2D eigenvalue weighted by molar-refractivity contribution is 5.94. The molecule has 0 aromatic heterocycles. The minimum Gasteiger partial charge on any atom is -0.352 e. The highest BCUT2D eigenvalue weighted by Crippen LogP contribution is 2.32. The molecule has 1 rings (SSSR count). The first-order chi connectivity index (χ1) is 9.27. The van der Waals surface area contributed by atoms with Crippen LogP contribution in [0.2, 0.25) is 0 Å². The predicted octanol–water partition coefficient (Wildman–Crippen LogP) is 2.56. The Morgan fingerprint density at radius 1 is 1.40 bits per heavy atom. The Labute approximate surface area is 114 Å². The molecule has 0 fully saturated rings. The Balaban J connectivity index is 2.84. The van der Waals surface area contributed by atoms with Crippen molar-refractivity contribution in [2.75, 3.05) is 13.1 Å². The highest BCUT2D eigenvalue weighted by Gasteiger charge is 2.35. The summed E-state index contributed by atoms with van der Waals surface area (Å²) >= 11 is 0. The fourth-order valence-corrected chi connectivity index (χ4v) is 1.68. The van der Waals surface area contributed by atoms with Crippen molar-refractivity contribution in [2.24, 2.45) is 11.7 Å². The molecule has 112 valence electrons. The Morgan fingerprint density at radius 2 is 2.05 bits per heavy atom. The summed E-state index contributed by atoms with van der Waals surface area (Å²) in [7, 11) is 0. The van der Waals surface area contributed by atoms with Gasteiger partial charge in [0, 0.05) is 6.54 Å². The van der Waals surface area contributed by atoms with Crippen molar-refractivity contribution in [2.45, 2.75) is 19.5 Å². The smallest absolute Gasteiger partial charge is 0.352 e. The Hall–Kier alpha value is -1.63. The number of nitrogens with one attached hydrogen (secondary N) is 1. The molecule has 20 heavy (non-hydrogen) atoms. The van der Waals surface area contributed by atoms with Crippen molar-refractivity contribution in [3.05, 3.63) is 35.1 Å². The lowest BCUT2D eigenvalue weighted by Crippen LogP contribution is -2.30. The summed E-state index contributed by atoms with van der Waals surface area (Å²) in [5.74, 6) is -2.35. The van der Waals surface area contributed by atoms with Gasteiger partial charge in [-0.15, -0.1) is 0 Å². The maximum Gasteiger partial charge on any atom is 0.419 e.